The average molecular weight is 599 g/mol. The van der Waals surface area contributed by atoms with E-state index < -0.39 is 39.6 Å². The first-order chi connectivity index (χ1) is 19.9. The molecule has 14 heteroatoms. The molecule has 1 saturated carbocycles. The van der Waals surface area contributed by atoms with E-state index in [-0.39, 0.29) is 27.4 Å². The maximum atomic E-state index is 14.3. The van der Waals surface area contributed by atoms with Crippen LogP contribution in [0.1, 0.15) is 36.3 Å². The van der Waals surface area contributed by atoms with Crippen molar-refractivity contribution in [3.05, 3.63) is 71.9 Å². The Labute approximate surface area is 238 Å². The summed E-state index contributed by atoms with van der Waals surface area (Å²) in [6.07, 6.45) is -1.88. The van der Waals surface area contributed by atoms with Gasteiger partial charge >= 0.3 is 6.18 Å². The molecule has 0 saturated heterocycles. The molecule has 2 atom stereocenters. The van der Waals surface area contributed by atoms with Crippen molar-refractivity contribution in [2.75, 3.05) is 5.32 Å². The maximum absolute atomic E-state index is 14.3. The van der Waals surface area contributed by atoms with E-state index in [1.54, 1.807) is 38.1 Å². The number of halogens is 3. The van der Waals surface area contributed by atoms with Gasteiger partial charge in [0.2, 0.25) is 5.95 Å². The molecule has 5 aromatic rings. The Morgan fingerprint density at radius 2 is 1.83 bits per heavy atom. The molecule has 10 nitrogen and oxygen atoms in total. The molecule has 0 spiro atoms. The predicted octanol–water partition coefficient (Wildman–Crippen LogP) is 5.35. The van der Waals surface area contributed by atoms with Crippen molar-refractivity contribution < 1.29 is 31.2 Å². The summed E-state index contributed by atoms with van der Waals surface area (Å²) in [5, 5.41) is 17.2. The number of rotatable bonds is 6. The number of nitrogens with zero attached hydrogens (tertiary/aromatic N) is 5. The molecule has 2 unspecified atom stereocenters. The van der Waals surface area contributed by atoms with Crippen molar-refractivity contribution >= 4 is 27.0 Å². The summed E-state index contributed by atoms with van der Waals surface area (Å²) in [5.41, 5.74) is -0.473. The molecule has 0 aliphatic heterocycles. The second kappa shape index (κ2) is 10.2. The minimum absolute atomic E-state index is 0.0747. The number of hydrogen-bond donors (Lipinski definition) is 2. The summed E-state index contributed by atoms with van der Waals surface area (Å²) in [4.78, 5) is 12.6. The summed E-state index contributed by atoms with van der Waals surface area (Å²) >= 11 is 0. The Bertz CT molecular complexity index is 1880. The molecular weight excluding hydrogens is 573 g/mol. The Hall–Kier alpha value is -4.30. The fourth-order valence-corrected chi connectivity index (χ4v) is 6.62. The topological polar surface area (TPSA) is 136 Å². The standard InChI is InChI=1S/C28H25F3N6O4S/c1-15-24(16(2)41-36-15)22-12-11-18-19(14-37(26(18)33-22)42(39,40)17-7-4-3-5-8-17)25-20(28(29,30)31)13-32-27(35-25)34-21-9-6-10-23(21)38/h3-5,7-8,11-14,21,23,38H,6,9-10H2,1-2H3,(H,32,34,35). The molecule has 6 rings (SSSR count). The van der Waals surface area contributed by atoms with Crippen LogP contribution in [0, 0.1) is 13.8 Å². The van der Waals surface area contributed by atoms with Crippen LogP contribution in [-0.4, -0.2) is 49.8 Å². The summed E-state index contributed by atoms with van der Waals surface area (Å²) < 4.78 is 76.6. The first kappa shape index (κ1) is 27.8. The lowest BCUT2D eigenvalue weighted by Crippen LogP contribution is -2.29. The van der Waals surface area contributed by atoms with E-state index in [9.17, 15) is 26.7 Å². The molecular formula is C28H25F3N6O4S. The SMILES string of the molecule is Cc1noc(C)c1-c1ccc2c(-c3nc(NC4CCCC4O)ncc3C(F)(F)F)cn(S(=O)(=O)c3ccccc3)c2n1. The Kier molecular flexibility index (Phi) is 6.77. The van der Waals surface area contributed by atoms with Gasteiger partial charge in [0.1, 0.15) is 11.3 Å². The number of aromatic nitrogens is 5. The quantitative estimate of drug-likeness (QED) is 0.265. The van der Waals surface area contributed by atoms with Gasteiger partial charge in [-0.2, -0.15) is 13.2 Å². The van der Waals surface area contributed by atoms with Crippen molar-refractivity contribution in [2.45, 2.75) is 56.3 Å². The monoisotopic (exact) mass is 598 g/mol. The molecule has 2 N–H and O–H groups in total. The van der Waals surface area contributed by atoms with Crippen molar-refractivity contribution in [2.24, 2.45) is 0 Å². The second-order valence-corrected chi connectivity index (χ2v) is 11.9. The number of aliphatic hydroxyl groups excluding tert-OH is 1. The number of aliphatic hydroxyl groups is 1. The van der Waals surface area contributed by atoms with E-state index in [1.165, 1.54) is 18.2 Å². The van der Waals surface area contributed by atoms with Crippen LogP contribution in [-0.2, 0) is 16.2 Å². The van der Waals surface area contributed by atoms with Gasteiger partial charge in [0, 0.05) is 23.3 Å². The predicted molar refractivity (Wildman–Crippen MR) is 147 cm³/mol. The van der Waals surface area contributed by atoms with Gasteiger partial charge in [-0.15, -0.1) is 0 Å². The molecule has 1 fully saturated rings. The Morgan fingerprint density at radius 1 is 1.07 bits per heavy atom. The van der Waals surface area contributed by atoms with Crippen LogP contribution in [0.3, 0.4) is 0 Å². The zero-order chi connectivity index (χ0) is 29.8. The highest BCUT2D eigenvalue weighted by Crippen LogP contribution is 2.41. The molecule has 1 aromatic carbocycles. The van der Waals surface area contributed by atoms with Gasteiger partial charge in [0.05, 0.1) is 39.7 Å². The zero-order valence-corrected chi connectivity index (χ0v) is 23.2. The van der Waals surface area contributed by atoms with Gasteiger partial charge in [-0.25, -0.2) is 27.3 Å². The van der Waals surface area contributed by atoms with Crippen LogP contribution in [0.25, 0.3) is 33.5 Å². The lowest BCUT2D eigenvalue weighted by Gasteiger charge is -2.18. The highest BCUT2D eigenvalue weighted by molar-refractivity contribution is 7.90. The van der Waals surface area contributed by atoms with Crippen molar-refractivity contribution in [3.8, 4) is 22.5 Å². The van der Waals surface area contributed by atoms with Gasteiger partial charge in [0.25, 0.3) is 10.0 Å². The molecule has 1 aliphatic rings. The number of fused-ring (bicyclic) bond motifs is 1. The lowest BCUT2D eigenvalue weighted by molar-refractivity contribution is -0.137. The highest BCUT2D eigenvalue weighted by Gasteiger charge is 2.37. The van der Waals surface area contributed by atoms with Gasteiger partial charge in [0.15, 0.2) is 5.65 Å². The molecule has 4 aromatic heterocycles. The largest absolute Gasteiger partial charge is 0.419 e. The summed E-state index contributed by atoms with van der Waals surface area (Å²) in [7, 11) is -4.30. The summed E-state index contributed by atoms with van der Waals surface area (Å²) in [6, 6.07) is 10.2. The van der Waals surface area contributed by atoms with E-state index in [1.807, 2.05) is 0 Å². The third-order valence-electron chi connectivity index (χ3n) is 7.35. The smallest absolute Gasteiger partial charge is 0.391 e. The van der Waals surface area contributed by atoms with E-state index in [4.69, 9.17) is 4.52 Å². The van der Waals surface area contributed by atoms with Gasteiger partial charge < -0.3 is 14.9 Å². The van der Waals surface area contributed by atoms with Crippen molar-refractivity contribution in [1.82, 2.24) is 24.1 Å². The Balaban J connectivity index is 1.61. The fraction of sp³-hybridized carbons (Fsp3) is 0.286. The fourth-order valence-electron chi connectivity index (χ4n) is 5.28. The van der Waals surface area contributed by atoms with Crippen LogP contribution in [0.5, 0.6) is 0 Å². The first-order valence-corrected chi connectivity index (χ1v) is 14.5. The van der Waals surface area contributed by atoms with Crippen molar-refractivity contribution in [1.29, 1.82) is 0 Å². The summed E-state index contributed by atoms with van der Waals surface area (Å²) in [5.74, 6) is 0.333. The number of alkyl halides is 3. The average Bonchev–Trinajstić information content (AvgIpc) is 3.64. The van der Waals surface area contributed by atoms with E-state index in [2.05, 4.69) is 25.4 Å². The van der Waals surface area contributed by atoms with Gasteiger partial charge in [-0.05, 0) is 57.4 Å². The van der Waals surface area contributed by atoms with E-state index in [0.29, 0.717) is 41.8 Å². The van der Waals surface area contributed by atoms with Crippen LogP contribution >= 0.6 is 0 Å². The zero-order valence-electron chi connectivity index (χ0n) is 22.4. The van der Waals surface area contributed by atoms with Crippen molar-refractivity contribution in [3.63, 3.8) is 0 Å². The van der Waals surface area contributed by atoms with E-state index in [0.717, 1.165) is 16.6 Å². The number of hydrogen-bond acceptors (Lipinski definition) is 9. The number of anilines is 1. The molecule has 42 heavy (non-hydrogen) atoms. The third kappa shape index (κ3) is 4.79. The minimum Gasteiger partial charge on any atom is -0.391 e. The number of pyridine rings is 1. The maximum Gasteiger partial charge on any atom is 0.419 e. The van der Waals surface area contributed by atoms with Crippen LogP contribution < -0.4 is 5.32 Å². The highest BCUT2D eigenvalue weighted by atomic mass is 32.2. The first-order valence-electron chi connectivity index (χ1n) is 13.1. The number of aryl methyl sites for hydroxylation is 2. The van der Waals surface area contributed by atoms with E-state index >= 15 is 0 Å². The molecule has 0 radical (unpaired) electrons. The molecule has 0 bridgehead atoms. The molecule has 1 aliphatic carbocycles. The van der Waals surface area contributed by atoms with Crippen LogP contribution in [0.2, 0.25) is 0 Å². The summed E-state index contributed by atoms with van der Waals surface area (Å²) in [6.45, 7) is 3.38. The van der Waals surface area contributed by atoms with Crippen LogP contribution in [0.15, 0.2) is 64.3 Å². The number of benzene rings is 1. The lowest BCUT2D eigenvalue weighted by atomic mass is 10.1. The number of nitrogens with one attached hydrogen (secondary N) is 1. The van der Waals surface area contributed by atoms with Gasteiger partial charge in [-0.1, -0.05) is 23.4 Å². The normalized spacial score (nSPS) is 17.7. The van der Waals surface area contributed by atoms with Crippen LogP contribution in [0.4, 0.5) is 19.1 Å². The molecule has 4 heterocycles. The Morgan fingerprint density at radius 3 is 2.48 bits per heavy atom. The van der Waals surface area contributed by atoms with Gasteiger partial charge in [-0.3, -0.25) is 0 Å². The minimum atomic E-state index is -4.85. The second-order valence-electron chi connectivity index (χ2n) is 10.1. The molecule has 218 valence electrons. The molecule has 0 amide bonds. The third-order valence-corrected chi connectivity index (χ3v) is 9.02.